The van der Waals surface area contributed by atoms with Crippen LogP contribution in [0.1, 0.15) is 25.7 Å². The first kappa shape index (κ1) is 9.41. The first-order valence-electron chi connectivity index (χ1n) is 5.13. The van der Waals surface area contributed by atoms with Gasteiger partial charge in [-0.05, 0) is 26.3 Å². The van der Waals surface area contributed by atoms with E-state index in [1.807, 2.05) is 7.05 Å². The van der Waals surface area contributed by atoms with Gasteiger partial charge in [0.1, 0.15) is 6.17 Å². The molecule has 13 heavy (non-hydrogen) atoms. The summed E-state index contributed by atoms with van der Waals surface area (Å²) < 4.78 is 13.4. The van der Waals surface area contributed by atoms with Gasteiger partial charge < -0.3 is 5.11 Å². The Morgan fingerprint density at radius 1 is 1.62 bits per heavy atom. The number of aliphatic hydroxyl groups is 1. The van der Waals surface area contributed by atoms with E-state index in [0.717, 1.165) is 19.3 Å². The molecule has 2 rings (SSSR count). The molecule has 0 aromatic heterocycles. The molecule has 0 bridgehead atoms. The summed E-state index contributed by atoms with van der Waals surface area (Å²) in [6.45, 7) is 0.703. The lowest BCUT2D eigenvalue weighted by Gasteiger charge is -2.45. The van der Waals surface area contributed by atoms with E-state index in [4.69, 9.17) is 0 Å². The van der Waals surface area contributed by atoms with Crippen molar-refractivity contribution < 1.29 is 9.50 Å². The molecule has 0 unspecified atom stereocenters. The van der Waals surface area contributed by atoms with Crippen molar-refractivity contribution in [1.82, 2.24) is 4.90 Å². The topological polar surface area (TPSA) is 23.5 Å². The summed E-state index contributed by atoms with van der Waals surface area (Å²) >= 11 is 0. The van der Waals surface area contributed by atoms with Crippen molar-refractivity contribution in [3.8, 4) is 0 Å². The van der Waals surface area contributed by atoms with Crippen LogP contribution in [0.3, 0.4) is 0 Å². The Morgan fingerprint density at radius 2 is 2.38 bits per heavy atom. The van der Waals surface area contributed by atoms with Crippen LogP contribution in [-0.2, 0) is 0 Å². The molecule has 1 saturated carbocycles. The summed E-state index contributed by atoms with van der Waals surface area (Å²) in [5.74, 6) is 0. The fraction of sp³-hybridized carbons (Fsp3) is 1.00. The van der Waals surface area contributed by atoms with Crippen LogP contribution < -0.4 is 0 Å². The van der Waals surface area contributed by atoms with Crippen LogP contribution in [-0.4, -0.2) is 42.4 Å². The van der Waals surface area contributed by atoms with Gasteiger partial charge in [0.2, 0.25) is 0 Å². The standard InChI is InChI=1S/C10H18FNO/c1-12-6-8(11)5-10(7-13)4-2-3-9(10)12/h8-9,13H,2-7H2,1H3/t8-,9-,10-/m1/s1. The van der Waals surface area contributed by atoms with Crippen molar-refractivity contribution in [3.63, 3.8) is 0 Å². The van der Waals surface area contributed by atoms with E-state index >= 15 is 0 Å². The van der Waals surface area contributed by atoms with Gasteiger partial charge in [0.15, 0.2) is 0 Å². The van der Waals surface area contributed by atoms with E-state index in [0.29, 0.717) is 19.0 Å². The van der Waals surface area contributed by atoms with E-state index in [9.17, 15) is 9.50 Å². The molecule has 0 spiro atoms. The Hall–Kier alpha value is -0.150. The predicted octanol–water partition coefficient (Wildman–Crippen LogP) is 1.19. The number of alkyl halides is 1. The van der Waals surface area contributed by atoms with Crippen LogP contribution in [0.15, 0.2) is 0 Å². The van der Waals surface area contributed by atoms with Gasteiger partial charge in [-0.15, -0.1) is 0 Å². The average molecular weight is 187 g/mol. The Morgan fingerprint density at radius 3 is 3.08 bits per heavy atom. The Labute approximate surface area is 78.7 Å². The molecule has 3 heteroatoms. The third-order valence-electron chi connectivity index (χ3n) is 3.82. The first-order valence-corrected chi connectivity index (χ1v) is 5.13. The van der Waals surface area contributed by atoms with Crippen molar-refractivity contribution in [2.24, 2.45) is 5.41 Å². The predicted molar refractivity (Wildman–Crippen MR) is 49.3 cm³/mol. The highest BCUT2D eigenvalue weighted by Crippen LogP contribution is 2.47. The number of rotatable bonds is 1. The molecule has 2 fully saturated rings. The number of halogens is 1. The highest BCUT2D eigenvalue weighted by Gasteiger charge is 2.49. The van der Waals surface area contributed by atoms with Gasteiger partial charge in [-0.25, -0.2) is 4.39 Å². The second kappa shape index (κ2) is 3.21. The molecule has 0 radical (unpaired) electrons. The van der Waals surface area contributed by atoms with Crippen LogP contribution in [0.2, 0.25) is 0 Å². The zero-order chi connectivity index (χ0) is 9.47. The highest BCUT2D eigenvalue weighted by molar-refractivity contribution is 5.01. The van der Waals surface area contributed by atoms with Crippen molar-refractivity contribution >= 4 is 0 Å². The zero-order valence-corrected chi connectivity index (χ0v) is 8.17. The van der Waals surface area contributed by atoms with Crippen LogP contribution in [0.25, 0.3) is 0 Å². The van der Waals surface area contributed by atoms with E-state index in [2.05, 4.69) is 4.90 Å². The summed E-state index contributed by atoms with van der Waals surface area (Å²) in [6, 6.07) is 0.421. The normalized spacial score (nSPS) is 46.4. The summed E-state index contributed by atoms with van der Waals surface area (Å²) in [4.78, 5) is 2.09. The smallest absolute Gasteiger partial charge is 0.113 e. The van der Waals surface area contributed by atoms with E-state index < -0.39 is 6.17 Å². The van der Waals surface area contributed by atoms with Crippen molar-refractivity contribution in [2.45, 2.75) is 37.9 Å². The molecule has 76 valence electrons. The molecule has 1 aliphatic heterocycles. The van der Waals surface area contributed by atoms with Crippen LogP contribution in [0, 0.1) is 5.41 Å². The SMILES string of the molecule is CN1C[C@H](F)C[C@@]2(CO)CCC[C@@H]12. The number of nitrogens with zero attached hydrogens (tertiary/aromatic N) is 1. The maximum Gasteiger partial charge on any atom is 0.113 e. The number of aliphatic hydroxyl groups excluding tert-OH is 1. The molecule has 3 atom stereocenters. The molecule has 1 N–H and O–H groups in total. The summed E-state index contributed by atoms with van der Waals surface area (Å²) in [6.07, 6.45) is 3.09. The monoisotopic (exact) mass is 187 g/mol. The minimum atomic E-state index is -0.744. The highest BCUT2D eigenvalue weighted by atomic mass is 19.1. The fourth-order valence-electron chi connectivity index (χ4n) is 3.24. The zero-order valence-electron chi connectivity index (χ0n) is 8.17. The largest absolute Gasteiger partial charge is 0.396 e. The van der Waals surface area contributed by atoms with Crippen molar-refractivity contribution in [3.05, 3.63) is 0 Å². The Balaban J connectivity index is 2.19. The van der Waals surface area contributed by atoms with Crippen LogP contribution in [0.4, 0.5) is 4.39 Å². The fourth-order valence-corrected chi connectivity index (χ4v) is 3.24. The second-order valence-electron chi connectivity index (χ2n) is 4.67. The molecule has 0 aromatic rings. The van der Waals surface area contributed by atoms with Gasteiger partial charge in [0, 0.05) is 18.0 Å². The molecule has 0 amide bonds. The molecule has 1 heterocycles. The number of piperidine rings is 1. The first-order chi connectivity index (χ1) is 6.18. The number of fused-ring (bicyclic) bond motifs is 1. The van der Waals surface area contributed by atoms with Gasteiger partial charge in [-0.2, -0.15) is 0 Å². The quantitative estimate of drug-likeness (QED) is 0.666. The molecule has 1 saturated heterocycles. The Kier molecular flexibility index (Phi) is 2.32. The molecule has 2 aliphatic rings. The number of hydrogen-bond acceptors (Lipinski definition) is 2. The van der Waals surface area contributed by atoms with Gasteiger partial charge in [0.25, 0.3) is 0 Å². The van der Waals surface area contributed by atoms with Crippen molar-refractivity contribution in [1.29, 1.82) is 0 Å². The maximum atomic E-state index is 13.4. The van der Waals surface area contributed by atoms with Crippen LogP contribution >= 0.6 is 0 Å². The summed E-state index contributed by atoms with van der Waals surface area (Å²) in [7, 11) is 1.98. The Bertz CT molecular complexity index is 199. The lowest BCUT2D eigenvalue weighted by molar-refractivity contribution is -0.0291. The summed E-state index contributed by atoms with van der Waals surface area (Å²) in [5.41, 5.74) is -0.119. The van der Waals surface area contributed by atoms with E-state index in [1.165, 1.54) is 0 Å². The molecule has 0 aromatic carbocycles. The third-order valence-corrected chi connectivity index (χ3v) is 3.82. The minimum Gasteiger partial charge on any atom is -0.396 e. The van der Waals surface area contributed by atoms with Crippen LogP contribution in [0.5, 0.6) is 0 Å². The molecule has 1 aliphatic carbocycles. The van der Waals surface area contributed by atoms with Gasteiger partial charge in [-0.1, -0.05) is 6.42 Å². The number of likely N-dealkylation sites (tertiary alicyclic amines) is 1. The minimum absolute atomic E-state index is 0.119. The number of hydrogen-bond donors (Lipinski definition) is 1. The third kappa shape index (κ3) is 1.38. The van der Waals surface area contributed by atoms with E-state index in [1.54, 1.807) is 0 Å². The lowest BCUT2D eigenvalue weighted by Crippen LogP contribution is -2.53. The van der Waals surface area contributed by atoms with Crippen molar-refractivity contribution in [2.75, 3.05) is 20.2 Å². The maximum absolute atomic E-state index is 13.4. The van der Waals surface area contributed by atoms with Gasteiger partial charge in [-0.3, -0.25) is 4.90 Å². The molecule has 2 nitrogen and oxygen atoms in total. The molecular weight excluding hydrogens is 169 g/mol. The summed E-state index contributed by atoms with van der Waals surface area (Å²) in [5, 5.41) is 9.39. The lowest BCUT2D eigenvalue weighted by atomic mass is 9.75. The second-order valence-corrected chi connectivity index (χ2v) is 4.67. The average Bonchev–Trinajstić information content (AvgIpc) is 2.48. The van der Waals surface area contributed by atoms with Gasteiger partial charge in [0.05, 0.1) is 6.61 Å². The van der Waals surface area contributed by atoms with Gasteiger partial charge >= 0.3 is 0 Å². The van der Waals surface area contributed by atoms with E-state index in [-0.39, 0.29) is 12.0 Å². The molecular formula is C10H18FNO.